The molecule has 0 radical (unpaired) electrons. The number of hydrogen-bond donors (Lipinski definition) is 2. The fraction of sp³-hybridized carbons (Fsp3) is 1.00. The lowest BCUT2D eigenvalue weighted by molar-refractivity contribution is 0.314. The molecule has 43 heavy (non-hydrogen) atoms. The molecule has 0 unspecified atom stereocenters. The van der Waals surface area contributed by atoms with E-state index in [4.69, 9.17) is 0 Å². The van der Waals surface area contributed by atoms with Gasteiger partial charge in [-0.2, -0.15) is 0 Å². The fourth-order valence-electron chi connectivity index (χ4n) is 7.09. The minimum atomic E-state index is -1.17. The van der Waals surface area contributed by atoms with Gasteiger partial charge in [-0.25, -0.2) is 0 Å². The number of rotatable bonds is 38. The SMILES string of the molecule is CCCCCCCCCCCCCCCCCC[P+](CCO)(CCO)CCCCCCCCCCCCCCCCCC. The molecule has 0 atom stereocenters. The zero-order chi connectivity index (χ0) is 31.4. The Labute approximate surface area is 274 Å². The van der Waals surface area contributed by atoms with Crippen molar-refractivity contribution in [1.82, 2.24) is 0 Å². The standard InChI is InChI=1S/C40H84O2P/c1-3-5-7-9-11-13-15-17-19-21-23-25-27-29-31-33-37-43(39-35-41,40-36-42)38-34-32-30-28-26-24-22-20-18-16-14-12-10-8-6-4-2/h41-42H,3-40H2,1-2H3/q+1. The van der Waals surface area contributed by atoms with E-state index >= 15 is 0 Å². The molecular formula is C40H84O2P+. The van der Waals surface area contributed by atoms with Crippen LogP contribution in [0.1, 0.15) is 219 Å². The smallest absolute Gasteiger partial charge is 0.0826 e. The minimum Gasteiger partial charge on any atom is -0.393 e. The molecule has 0 aliphatic heterocycles. The van der Waals surface area contributed by atoms with E-state index in [9.17, 15) is 10.2 Å². The lowest BCUT2D eigenvalue weighted by Crippen LogP contribution is -2.16. The molecule has 0 rings (SSSR count). The van der Waals surface area contributed by atoms with E-state index in [0.29, 0.717) is 13.2 Å². The lowest BCUT2D eigenvalue weighted by atomic mass is 10.0. The van der Waals surface area contributed by atoms with E-state index in [0.717, 1.165) is 12.3 Å². The van der Waals surface area contributed by atoms with Gasteiger partial charge in [0.1, 0.15) is 0 Å². The van der Waals surface area contributed by atoms with Crippen LogP contribution in [0.3, 0.4) is 0 Å². The van der Waals surface area contributed by atoms with Gasteiger partial charge in [-0.05, 0) is 25.7 Å². The van der Waals surface area contributed by atoms with Crippen LogP contribution in [-0.4, -0.2) is 48.1 Å². The largest absolute Gasteiger partial charge is 0.393 e. The van der Waals surface area contributed by atoms with Gasteiger partial charge < -0.3 is 10.2 Å². The summed E-state index contributed by atoms with van der Waals surface area (Å²) < 4.78 is 0. The van der Waals surface area contributed by atoms with Gasteiger partial charge in [-0.1, -0.05) is 194 Å². The van der Waals surface area contributed by atoms with Crippen molar-refractivity contribution in [2.75, 3.05) is 37.9 Å². The molecule has 0 saturated heterocycles. The maximum atomic E-state index is 9.84. The van der Waals surface area contributed by atoms with E-state index in [1.54, 1.807) is 0 Å². The van der Waals surface area contributed by atoms with E-state index < -0.39 is 7.26 Å². The highest BCUT2D eigenvalue weighted by Crippen LogP contribution is 2.59. The second-order valence-electron chi connectivity index (χ2n) is 14.3. The first-order valence-corrected chi connectivity index (χ1v) is 22.8. The van der Waals surface area contributed by atoms with Crippen LogP contribution in [0.2, 0.25) is 0 Å². The highest BCUT2D eigenvalue weighted by atomic mass is 31.2. The van der Waals surface area contributed by atoms with Crippen molar-refractivity contribution in [1.29, 1.82) is 0 Å². The number of aliphatic hydroxyl groups excluding tert-OH is 2. The van der Waals surface area contributed by atoms with Gasteiger partial charge in [0.25, 0.3) is 0 Å². The average molecular weight is 628 g/mol. The Balaban J connectivity index is 3.72. The maximum Gasteiger partial charge on any atom is 0.0826 e. The van der Waals surface area contributed by atoms with Crippen LogP contribution in [-0.2, 0) is 0 Å². The van der Waals surface area contributed by atoms with Gasteiger partial charge in [0.2, 0.25) is 0 Å². The van der Waals surface area contributed by atoms with Crippen molar-refractivity contribution in [3.05, 3.63) is 0 Å². The van der Waals surface area contributed by atoms with Gasteiger partial charge in [0.15, 0.2) is 0 Å². The van der Waals surface area contributed by atoms with Crippen molar-refractivity contribution in [2.24, 2.45) is 0 Å². The quantitative estimate of drug-likeness (QED) is 0.0528. The van der Waals surface area contributed by atoms with Crippen molar-refractivity contribution in [3.8, 4) is 0 Å². The highest BCUT2D eigenvalue weighted by Gasteiger charge is 2.34. The van der Waals surface area contributed by atoms with Crippen LogP contribution in [0.25, 0.3) is 0 Å². The van der Waals surface area contributed by atoms with Crippen LogP contribution < -0.4 is 0 Å². The molecule has 0 aromatic rings. The zero-order valence-electron chi connectivity index (χ0n) is 30.2. The second kappa shape index (κ2) is 36.8. The van der Waals surface area contributed by atoms with Crippen molar-refractivity contribution >= 4 is 7.26 Å². The molecule has 0 saturated carbocycles. The molecule has 0 spiro atoms. The predicted molar refractivity (Wildman–Crippen MR) is 200 cm³/mol. The molecule has 0 aliphatic rings. The molecule has 0 fully saturated rings. The predicted octanol–water partition coefficient (Wildman–Crippen LogP) is 13.5. The van der Waals surface area contributed by atoms with Gasteiger partial charge >= 0.3 is 0 Å². The summed E-state index contributed by atoms with van der Waals surface area (Å²) in [5, 5.41) is 19.7. The fourth-order valence-corrected chi connectivity index (χ4v) is 11.1. The molecule has 0 aliphatic carbocycles. The summed E-state index contributed by atoms with van der Waals surface area (Å²) in [6.07, 6.45) is 50.0. The Morgan fingerprint density at radius 2 is 0.442 bits per heavy atom. The van der Waals surface area contributed by atoms with Gasteiger partial charge in [-0.3, -0.25) is 0 Å². The lowest BCUT2D eigenvalue weighted by Gasteiger charge is -2.26. The minimum absolute atomic E-state index is 0.325. The molecule has 260 valence electrons. The summed E-state index contributed by atoms with van der Waals surface area (Å²) >= 11 is 0. The summed E-state index contributed by atoms with van der Waals surface area (Å²) in [5.74, 6) is 0. The number of hydrogen-bond acceptors (Lipinski definition) is 2. The third kappa shape index (κ3) is 32.1. The molecule has 2 nitrogen and oxygen atoms in total. The van der Waals surface area contributed by atoms with E-state index in [-0.39, 0.29) is 0 Å². The number of aliphatic hydroxyl groups is 2. The Bertz CT molecular complexity index is 453. The Morgan fingerprint density at radius 1 is 0.256 bits per heavy atom. The van der Waals surface area contributed by atoms with Crippen molar-refractivity contribution in [3.63, 3.8) is 0 Å². The van der Waals surface area contributed by atoms with Crippen LogP contribution in [0, 0.1) is 0 Å². The first-order chi connectivity index (χ1) is 21.2. The van der Waals surface area contributed by atoms with E-state index in [1.165, 1.54) is 218 Å². The first kappa shape index (κ1) is 43.4. The molecule has 2 N–H and O–H groups in total. The summed E-state index contributed by atoms with van der Waals surface area (Å²) in [5.41, 5.74) is 0. The summed E-state index contributed by atoms with van der Waals surface area (Å²) in [6, 6.07) is 0. The average Bonchev–Trinajstić information content (AvgIpc) is 3.01. The molecule has 0 bridgehead atoms. The Kier molecular flexibility index (Phi) is 37.1. The van der Waals surface area contributed by atoms with Crippen LogP contribution in [0.15, 0.2) is 0 Å². The third-order valence-corrected chi connectivity index (χ3v) is 14.9. The van der Waals surface area contributed by atoms with Crippen LogP contribution >= 0.6 is 7.26 Å². The van der Waals surface area contributed by atoms with Gasteiger partial charge in [-0.15, -0.1) is 0 Å². The molecule has 0 aromatic carbocycles. The summed E-state index contributed by atoms with van der Waals surface area (Å²) in [7, 11) is -1.17. The van der Waals surface area contributed by atoms with Crippen molar-refractivity contribution in [2.45, 2.75) is 219 Å². The second-order valence-corrected chi connectivity index (χ2v) is 18.8. The Morgan fingerprint density at radius 3 is 0.628 bits per heavy atom. The molecule has 0 aromatic heterocycles. The normalized spacial score (nSPS) is 12.0. The summed E-state index contributed by atoms with van der Waals surface area (Å²) in [6.45, 7) is 5.25. The zero-order valence-corrected chi connectivity index (χ0v) is 31.1. The molecule has 0 amide bonds. The molecule has 3 heteroatoms. The first-order valence-electron chi connectivity index (χ1n) is 20.3. The monoisotopic (exact) mass is 628 g/mol. The third-order valence-electron chi connectivity index (χ3n) is 10.1. The Hall–Kier alpha value is 0.350. The maximum absolute atomic E-state index is 9.84. The molecular weight excluding hydrogens is 543 g/mol. The highest BCUT2D eigenvalue weighted by molar-refractivity contribution is 7.75. The van der Waals surface area contributed by atoms with E-state index in [1.807, 2.05) is 0 Å². The molecule has 0 heterocycles. The van der Waals surface area contributed by atoms with Gasteiger partial charge in [0.05, 0.1) is 37.9 Å². The van der Waals surface area contributed by atoms with Crippen LogP contribution in [0.5, 0.6) is 0 Å². The van der Waals surface area contributed by atoms with E-state index in [2.05, 4.69) is 13.8 Å². The van der Waals surface area contributed by atoms with Crippen LogP contribution in [0.4, 0.5) is 0 Å². The van der Waals surface area contributed by atoms with Gasteiger partial charge in [0, 0.05) is 7.26 Å². The summed E-state index contributed by atoms with van der Waals surface area (Å²) in [4.78, 5) is 0. The number of unbranched alkanes of at least 4 members (excludes halogenated alkanes) is 30. The topological polar surface area (TPSA) is 40.5 Å². The van der Waals surface area contributed by atoms with Crippen molar-refractivity contribution < 1.29 is 10.2 Å².